The number of carbonyl (C=O) groups is 1. The third-order valence-corrected chi connectivity index (χ3v) is 5.93. The van der Waals surface area contributed by atoms with Crippen LogP contribution in [0, 0.1) is 0 Å². The Morgan fingerprint density at radius 3 is 2.38 bits per heavy atom. The van der Waals surface area contributed by atoms with Gasteiger partial charge in [-0.2, -0.15) is 0 Å². The number of rotatable bonds is 5. The SMILES string of the molecule is CCOP(=O)(OCC)[C@@]1(O)C(=O)Nc2c(Cl)cc(Cl)cc21. The molecule has 2 rings (SSSR count). The van der Waals surface area contributed by atoms with E-state index in [0.29, 0.717) is 0 Å². The van der Waals surface area contributed by atoms with Crippen LogP contribution in [0.1, 0.15) is 19.4 Å². The van der Waals surface area contributed by atoms with Gasteiger partial charge in [-0.05, 0) is 26.0 Å². The van der Waals surface area contributed by atoms with E-state index in [1.54, 1.807) is 13.8 Å². The van der Waals surface area contributed by atoms with Crippen LogP contribution in [0.5, 0.6) is 0 Å². The van der Waals surface area contributed by atoms with Crippen LogP contribution in [0.15, 0.2) is 12.1 Å². The number of halogens is 2. The van der Waals surface area contributed by atoms with Crippen LogP contribution in [0.2, 0.25) is 10.0 Å². The molecule has 1 aliphatic heterocycles. The molecule has 1 aromatic rings. The van der Waals surface area contributed by atoms with E-state index in [1.807, 2.05) is 0 Å². The molecule has 0 unspecified atom stereocenters. The first kappa shape index (κ1) is 16.7. The lowest BCUT2D eigenvalue weighted by Gasteiger charge is -2.29. The highest BCUT2D eigenvalue weighted by atomic mass is 35.5. The topological polar surface area (TPSA) is 84.9 Å². The van der Waals surface area contributed by atoms with Gasteiger partial charge in [0.1, 0.15) is 0 Å². The summed E-state index contributed by atoms with van der Waals surface area (Å²) in [5, 5.41) is 11.0. The summed E-state index contributed by atoms with van der Waals surface area (Å²) in [6.45, 7) is 3.15. The maximum atomic E-state index is 12.9. The number of benzene rings is 1. The molecule has 116 valence electrons. The summed E-state index contributed by atoms with van der Waals surface area (Å²) in [6, 6.07) is 2.71. The molecule has 0 saturated heterocycles. The molecule has 0 fully saturated rings. The number of hydrogen-bond acceptors (Lipinski definition) is 5. The molecule has 1 atom stereocenters. The zero-order chi connectivity index (χ0) is 15.8. The first-order valence-corrected chi connectivity index (χ1v) is 8.52. The summed E-state index contributed by atoms with van der Waals surface area (Å²) < 4.78 is 23.1. The largest absolute Gasteiger partial charge is 0.376 e. The Balaban J connectivity index is 2.68. The molecule has 1 heterocycles. The van der Waals surface area contributed by atoms with E-state index < -0.39 is 18.8 Å². The van der Waals surface area contributed by atoms with E-state index >= 15 is 0 Å². The van der Waals surface area contributed by atoms with Gasteiger partial charge < -0.3 is 19.5 Å². The maximum absolute atomic E-state index is 12.9. The van der Waals surface area contributed by atoms with Gasteiger partial charge in [-0.3, -0.25) is 9.36 Å². The molecule has 0 spiro atoms. The Morgan fingerprint density at radius 1 is 1.29 bits per heavy atom. The molecule has 1 aliphatic rings. The van der Waals surface area contributed by atoms with E-state index in [1.165, 1.54) is 12.1 Å². The number of nitrogens with one attached hydrogen (secondary N) is 1. The van der Waals surface area contributed by atoms with Crippen LogP contribution in [0.25, 0.3) is 0 Å². The summed E-state index contributed by atoms with van der Waals surface area (Å²) in [4.78, 5) is 12.2. The molecular weight excluding hydrogens is 340 g/mol. The van der Waals surface area contributed by atoms with Crippen molar-refractivity contribution in [3.8, 4) is 0 Å². The van der Waals surface area contributed by atoms with Crippen LogP contribution in [-0.2, 0) is 23.7 Å². The summed E-state index contributed by atoms with van der Waals surface area (Å²) in [7, 11) is -4.18. The zero-order valence-electron chi connectivity index (χ0n) is 11.4. The molecule has 1 amide bonds. The zero-order valence-corrected chi connectivity index (χ0v) is 13.8. The van der Waals surface area contributed by atoms with E-state index in [2.05, 4.69) is 5.32 Å². The molecule has 21 heavy (non-hydrogen) atoms. The minimum Gasteiger partial charge on any atom is -0.366 e. The van der Waals surface area contributed by atoms with Gasteiger partial charge in [-0.1, -0.05) is 23.2 Å². The predicted octanol–water partition coefficient (Wildman–Crippen LogP) is 3.36. The summed E-state index contributed by atoms with van der Waals surface area (Å²) >= 11 is 11.9. The molecule has 0 radical (unpaired) electrons. The van der Waals surface area contributed by atoms with Gasteiger partial charge in [0.2, 0.25) is 0 Å². The van der Waals surface area contributed by atoms with Crippen LogP contribution in [-0.4, -0.2) is 24.2 Å². The average molecular weight is 354 g/mol. The second-order valence-electron chi connectivity index (χ2n) is 4.27. The first-order valence-electron chi connectivity index (χ1n) is 6.22. The molecule has 2 N–H and O–H groups in total. The number of anilines is 1. The van der Waals surface area contributed by atoms with Crippen molar-refractivity contribution in [1.29, 1.82) is 0 Å². The Labute approximate surface area is 131 Å². The van der Waals surface area contributed by atoms with Crippen LogP contribution < -0.4 is 5.32 Å². The van der Waals surface area contributed by atoms with Crippen molar-refractivity contribution < 1.29 is 23.5 Å². The van der Waals surface area contributed by atoms with Crippen molar-refractivity contribution in [2.75, 3.05) is 18.5 Å². The van der Waals surface area contributed by atoms with Crippen molar-refractivity contribution in [2.45, 2.75) is 19.2 Å². The molecule has 0 aliphatic carbocycles. The van der Waals surface area contributed by atoms with Crippen molar-refractivity contribution in [3.63, 3.8) is 0 Å². The van der Waals surface area contributed by atoms with Gasteiger partial charge >= 0.3 is 7.60 Å². The summed E-state index contributed by atoms with van der Waals surface area (Å²) in [5.41, 5.74) is 0.128. The average Bonchev–Trinajstić information content (AvgIpc) is 2.65. The summed E-state index contributed by atoms with van der Waals surface area (Å²) in [5.74, 6) is -0.924. The molecular formula is C12H14Cl2NO5P. The van der Waals surface area contributed by atoms with Gasteiger partial charge in [0, 0.05) is 10.6 Å². The minimum atomic E-state index is -4.18. The second-order valence-corrected chi connectivity index (χ2v) is 7.27. The fourth-order valence-electron chi connectivity index (χ4n) is 2.13. The Bertz CT molecular complexity index is 628. The van der Waals surface area contributed by atoms with Crippen LogP contribution >= 0.6 is 30.8 Å². The number of hydrogen-bond donors (Lipinski definition) is 2. The Morgan fingerprint density at radius 2 is 1.86 bits per heavy atom. The number of amides is 1. The minimum absolute atomic E-state index is 0.00347. The quantitative estimate of drug-likeness (QED) is 0.792. The number of fused-ring (bicyclic) bond motifs is 1. The third-order valence-electron chi connectivity index (χ3n) is 2.98. The van der Waals surface area contributed by atoms with E-state index in [4.69, 9.17) is 32.2 Å². The fourth-order valence-corrected chi connectivity index (χ4v) is 4.58. The van der Waals surface area contributed by atoms with Crippen LogP contribution in [0.3, 0.4) is 0 Å². The molecule has 0 saturated carbocycles. The highest BCUT2D eigenvalue weighted by Gasteiger charge is 2.62. The van der Waals surface area contributed by atoms with Gasteiger partial charge in [0.15, 0.2) is 0 Å². The Kier molecular flexibility index (Phi) is 4.69. The van der Waals surface area contributed by atoms with Gasteiger partial charge in [0.25, 0.3) is 11.2 Å². The molecule has 6 nitrogen and oxygen atoms in total. The van der Waals surface area contributed by atoms with Crippen molar-refractivity contribution in [2.24, 2.45) is 0 Å². The fraction of sp³-hybridized carbons (Fsp3) is 0.417. The molecule has 9 heteroatoms. The lowest BCUT2D eigenvalue weighted by Crippen LogP contribution is -2.35. The van der Waals surface area contributed by atoms with Gasteiger partial charge in [-0.15, -0.1) is 0 Å². The summed E-state index contributed by atoms with van der Waals surface area (Å²) in [6.07, 6.45) is 0. The molecule has 0 bridgehead atoms. The predicted molar refractivity (Wildman–Crippen MR) is 79.8 cm³/mol. The van der Waals surface area contributed by atoms with E-state index in [-0.39, 0.29) is 34.5 Å². The molecule has 1 aromatic carbocycles. The van der Waals surface area contributed by atoms with E-state index in [9.17, 15) is 14.5 Å². The highest BCUT2D eigenvalue weighted by molar-refractivity contribution is 7.56. The maximum Gasteiger partial charge on any atom is 0.376 e. The third kappa shape index (κ3) is 2.50. The lowest BCUT2D eigenvalue weighted by molar-refractivity contribution is -0.128. The number of carbonyl (C=O) groups excluding carboxylic acids is 1. The normalized spacial score (nSPS) is 21.3. The monoisotopic (exact) mass is 353 g/mol. The molecule has 0 aromatic heterocycles. The smallest absolute Gasteiger partial charge is 0.366 e. The van der Waals surface area contributed by atoms with Gasteiger partial charge in [0.05, 0.1) is 23.9 Å². The standard InChI is InChI=1S/C12H14Cl2NO5P/c1-3-19-21(18,20-4-2)12(17)8-5-7(13)6-9(14)10(8)15-11(12)16/h5-6,17H,3-4H2,1-2H3,(H,15,16)/t12-/m1/s1. The second kappa shape index (κ2) is 5.88. The first-order chi connectivity index (χ1) is 9.80. The van der Waals surface area contributed by atoms with Crippen molar-refractivity contribution >= 4 is 42.4 Å². The van der Waals surface area contributed by atoms with Crippen LogP contribution in [0.4, 0.5) is 5.69 Å². The van der Waals surface area contributed by atoms with Gasteiger partial charge in [-0.25, -0.2) is 0 Å². The lowest BCUT2D eigenvalue weighted by atomic mass is 10.1. The van der Waals surface area contributed by atoms with Crippen molar-refractivity contribution in [1.82, 2.24) is 0 Å². The van der Waals surface area contributed by atoms with E-state index in [0.717, 1.165) is 0 Å². The highest BCUT2D eigenvalue weighted by Crippen LogP contribution is 2.67. The number of aliphatic hydroxyl groups is 1. The van der Waals surface area contributed by atoms with Crippen molar-refractivity contribution in [3.05, 3.63) is 27.7 Å². The Hall–Kier alpha value is -0.620.